The van der Waals surface area contributed by atoms with Crippen molar-refractivity contribution in [2.75, 3.05) is 13.2 Å². The third kappa shape index (κ3) is 18.5. The molecule has 0 aromatic carbocycles. The third-order valence-corrected chi connectivity index (χ3v) is 4.53. The third-order valence-electron chi connectivity index (χ3n) is 4.53. The number of ether oxygens (including phenoxy) is 2. The lowest BCUT2D eigenvalue weighted by atomic mass is 9.89. The second-order valence-electron chi connectivity index (χ2n) is 10.1. The summed E-state index contributed by atoms with van der Waals surface area (Å²) in [5.41, 5.74) is 5.40. The lowest BCUT2D eigenvalue weighted by molar-refractivity contribution is -0.146. The highest BCUT2D eigenvalue weighted by Crippen LogP contribution is 2.22. The zero-order valence-electron chi connectivity index (χ0n) is 19.8. The van der Waals surface area contributed by atoms with Crippen LogP contribution < -0.4 is 11.1 Å². The molecule has 0 aromatic heterocycles. The molecule has 0 aliphatic heterocycles. The van der Waals surface area contributed by atoms with Crippen molar-refractivity contribution in [3.05, 3.63) is 0 Å². The van der Waals surface area contributed by atoms with Crippen LogP contribution in [0.3, 0.4) is 0 Å². The van der Waals surface area contributed by atoms with Crippen LogP contribution in [0, 0.1) is 5.41 Å². The fourth-order valence-corrected chi connectivity index (χ4v) is 2.93. The number of hydrogen-bond donors (Lipinski definition) is 2. The molecule has 6 heteroatoms. The van der Waals surface area contributed by atoms with E-state index in [0.29, 0.717) is 12.0 Å². The van der Waals surface area contributed by atoms with Crippen LogP contribution in [0.1, 0.15) is 106 Å². The van der Waals surface area contributed by atoms with Crippen LogP contribution in [0.5, 0.6) is 0 Å². The highest BCUT2D eigenvalue weighted by atomic mass is 16.6. The SMILES string of the molecule is CC(C)(C)CCCCCCCCCCCOC(=O)[C@@H](CN)NC(=O)OC(C)(C)C. The highest BCUT2D eigenvalue weighted by molar-refractivity contribution is 5.81. The maximum atomic E-state index is 12.0. The number of alkyl carbamates (subject to hydrolysis) is 1. The number of carbonyl (C=O) groups excluding carboxylic acids is 2. The van der Waals surface area contributed by atoms with Gasteiger partial charge < -0.3 is 20.5 Å². The molecule has 172 valence electrons. The molecule has 0 saturated heterocycles. The van der Waals surface area contributed by atoms with Gasteiger partial charge in [-0.15, -0.1) is 0 Å². The van der Waals surface area contributed by atoms with E-state index in [1.54, 1.807) is 20.8 Å². The second-order valence-corrected chi connectivity index (χ2v) is 10.1. The van der Waals surface area contributed by atoms with Gasteiger partial charge in [-0.1, -0.05) is 72.1 Å². The highest BCUT2D eigenvalue weighted by Gasteiger charge is 2.24. The number of nitrogens with two attached hydrogens (primary N) is 1. The van der Waals surface area contributed by atoms with E-state index in [0.717, 1.165) is 19.3 Å². The van der Waals surface area contributed by atoms with E-state index in [1.807, 2.05) is 0 Å². The lowest BCUT2D eigenvalue weighted by Crippen LogP contribution is -2.48. The minimum atomic E-state index is -0.872. The summed E-state index contributed by atoms with van der Waals surface area (Å²) < 4.78 is 10.4. The molecular formula is C23H46N2O4. The van der Waals surface area contributed by atoms with Crippen LogP contribution in [0.4, 0.5) is 4.79 Å². The number of hydrogen-bond acceptors (Lipinski definition) is 5. The average molecular weight is 415 g/mol. The van der Waals surface area contributed by atoms with Crippen LogP contribution in [0.2, 0.25) is 0 Å². The largest absolute Gasteiger partial charge is 0.464 e. The first-order chi connectivity index (χ1) is 13.4. The molecule has 0 radical (unpaired) electrons. The second kappa shape index (κ2) is 14.6. The smallest absolute Gasteiger partial charge is 0.408 e. The molecule has 0 aliphatic rings. The Morgan fingerprint density at radius 1 is 0.828 bits per heavy atom. The molecule has 0 fully saturated rings. The predicted molar refractivity (Wildman–Crippen MR) is 119 cm³/mol. The Kier molecular flexibility index (Phi) is 14.0. The van der Waals surface area contributed by atoms with E-state index in [4.69, 9.17) is 15.2 Å². The first-order valence-electron chi connectivity index (χ1n) is 11.3. The molecule has 0 rings (SSSR count). The molecule has 0 heterocycles. The average Bonchev–Trinajstić information content (AvgIpc) is 2.57. The summed E-state index contributed by atoms with van der Waals surface area (Å²) in [4.78, 5) is 23.8. The van der Waals surface area contributed by atoms with E-state index in [1.165, 1.54) is 44.9 Å². The summed E-state index contributed by atoms with van der Waals surface area (Å²) in [6.07, 6.45) is 11.5. The Morgan fingerprint density at radius 2 is 1.31 bits per heavy atom. The van der Waals surface area contributed by atoms with Gasteiger partial charge in [-0.2, -0.15) is 0 Å². The number of unbranched alkanes of at least 4 members (excludes halogenated alkanes) is 8. The maximum absolute atomic E-state index is 12.0. The molecule has 0 unspecified atom stereocenters. The Morgan fingerprint density at radius 3 is 1.76 bits per heavy atom. The van der Waals surface area contributed by atoms with Crippen LogP contribution in [0.15, 0.2) is 0 Å². The number of amides is 1. The van der Waals surface area contributed by atoms with Gasteiger partial charge in [-0.05, 0) is 39.0 Å². The summed E-state index contributed by atoms with van der Waals surface area (Å²) in [7, 11) is 0. The molecule has 1 amide bonds. The van der Waals surface area contributed by atoms with Gasteiger partial charge in [0.15, 0.2) is 0 Å². The Hall–Kier alpha value is -1.30. The van der Waals surface area contributed by atoms with E-state index in [-0.39, 0.29) is 6.54 Å². The zero-order valence-corrected chi connectivity index (χ0v) is 19.8. The van der Waals surface area contributed by atoms with Crippen molar-refractivity contribution < 1.29 is 19.1 Å². The van der Waals surface area contributed by atoms with Crippen molar-refractivity contribution in [1.82, 2.24) is 5.32 Å². The normalized spacial score (nSPS) is 13.1. The summed E-state index contributed by atoms with van der Waals surface area (Å²) >= 11 is 0. The van der Waals surface area contributed by atoms with E-state index in [2.05, 4.69) is 26.1 Å². The van der Waals surface area contributed by atoms with Crippen molar-refractivity contribution in [2.24, 2.45) is 11.1 Å². The van der Waals surface area contributed by atoms with Gasteiger partial charge in [0.1, 0.15) is 11.6 Å². The standard InChI is InChI=1S/C23H46N2O4/c1-22(2,3)16-14-12-10-8-7-9-11-13-15-17-28-20(26)19(18-24)25-21(27)29-23(4,5)6/h19H,7-18,24H2,1-6H3,(H,25,27)/t19-/m1/s1. The van der Waals surface area contributed by atoms with Gasteiger partial charge >= 0.3 is 12.1 Å². The molecule has 0 bridgehead atoms. The molecule has 0 saturated carbocycles. The van der Waals surface area contributed by atoms with Crippen molar-refractivity contribution >= 4 is 12.1 Å². The lowest BCUT2D eigenvalue weighted by Gasteiger charge is -2.22. The summed E-state index contributed by atoms with van der Waals surface area (Å²) in [6, 6.07) is -0.872. The number of carbonyl (C=O) groups is 2. The zero-order chi connectivity index (χ0) is 22.3. The first kappa shape index (κ1) is 27.7. The van der Waals surface area contributed by atoms with Gasteiger partial charge in [0.2, 0.25) is 0 Å². The molecular weight excluding hydrogens is 368 g/mol. The maximum Gasteiger partial charge on any atom is 0.408 e. The van der Waals surface area contributed by atoms with Crippen molar-refractivity contribution in [3.8, 4) is 0 Å². The topological polar surface area (TPSA) is 90.6 Å². The first-order valence-corrected chi connectivity index (χ1v) is 11.3. The van der Waals surface area contributed by atoms with Crippen molar-refractivity contribution in [3.63, 3.8) is 0 Å². The summed E-state index contributed by atoms with van der Waals surface area (Å²) in [5, 5.41) is 2.46. The van der Waals surface area contributed by atoms with Crippen LogP contribution in [-0.2, 0) is 14.3 Å². The minimum Gasteiger partial charge on any atom is -0.464 e. The van der Waals surface area contributed by atoms with Crippen LogP contribution >= 0.6 is 0 Å². The molecule has 0 aliphatic carbocycles. The van der Waals surface area contributed by atoms with Crippen LogP contribution in [-0.4, -0.2) is 36.9 Å². The van der Waals surface area contributed by atoms with Gasteiger partial charge in [0, 0.05) is 6.54 Å². The monoisotopic (exact) mass is 414 g/mol. The molecule has 3 N–H and O–H groups in total. The summed E-state index contributed by atoms with van der Waals surface area (Å²) in [5.74, 6) is -0.506. The summed E-state index contributed by atoms with van der Waals surface area (Å²) in [6.45, 7) is 12.5. The molecule has 0 spiro atoms. The van der Waals surface area contributed by atoms with Gasteiger partial charge in [0.05, 0.1) is 6.61 Å². The Bertz CT molecular complexity index is 453. The van der Waals surface area contributed by atoms with Gasteiger partial charge in [-0.3, -0.25) is 0 Å². The van der Waals surface area contributed by atoms with Crippen LogP contribution in [0.25, 0.3) is 0 Å². The minimum absolute atomic E-state index is 0.0200. The molecule has 29 heavy (non-hydrogen) atoms. The van der Waals surface area contributed by atoms with E-state index in [9.17, 15) is 9.59 Å². The number of rotatable bonds is 14. The predicted octanol–water partition coefficient (Wildman–Crippen LogP) is 5.33. The fourth-order valence-electron chi connectivity index (χ4n) is 2.93. The quantitative estimate of drug-likeness (QED) is 0.296. The van der Waals surface area contributed by atoms with E-state index >= 15 is 0 Å². The van der Waals surface area contributed by atoms with Crippen molar-refractivity contribution in [2.45, 2.75) is 117 Å². The molecule has 1 atom stereocenters. The number of esters is 1. The Balaban J connectivity index is 3.66. The Labute approximate surface area is 178 Å². The number of nitrogens with one attached hydrogen (secondary N) is 1. The van der Waals surface area contributed by atoms with Gasteiger partial charge in [-0.25, -0.2) is 9.59 Å². The van der Waals surface area contributed by atoms with E-state index < -0.39 is 23.7 Å². The van der Waals surface area contributed by atoms with Gasteiger partial charge in [0.25, 0.3) is 0 Å². The molecule has 6 nitrogen and oxygen atoms in total. The fraction of sp³-hybridized carbons (Fsp3) is 0.913. The molecule has 0 aromatic rings. The van der Waals surface area contributed by atoms with Crippen molar-refractivity contribution in [1.29, 1.82) is 0 Å².